The normalized spacial score (nSPS) is 22.4. The highest BCUT2D eigenvalue weighted by Gasteiger charge is 2.29. The molecule has 0 aromatic carbocycles. The topological polar surface area (TPSA) is 60.2 Å². The van der Waals surface area contributed by atoms with E-state index in [9.17, 15) is 0 Å². The molecule has 1 aliphatic rings. The first-order valence-electron chi connectivity index (χ1n) is 6.12. The molecule has 1 aromatic rings. The summed E-state index contributed by atoms with van der Waals surface area (Å²) in [5, 5.41) is 3.48. The van der Waals surface area contributed by atoms with Crippen molar-refractivity contribution >= 4 is 22.9 Å². The molecule has 1 aliphatic heterocycles. The molecule has 1 fully saturated rings. The lowest BCUT2D eigenvalue weighted by molar-refractivity contribution is -0.0553. The van der Waals surface area contributed by atoms with Gasteiger partial charge in [-0.2, -0.15) is 0 Å². The van der Waals surface area contributed by atoms with E-state index >= 15 is 0 Å². The van der Waals surface area contributed by atoms with E-state index in [1.807, 2.05) is 6.07 Å². The van der Waals surface area contributed by atoms with Gasteiger partial charge in [-0.05, 0) is 32.8 Å². The summed E-state index contributed by atoms with van der Waals surface area (Å²) in [5.74, 6) is 0. The van der Waals surface area contributed by atoms with Gasteiger partial charge in [-0.25, -0.2) is 0 Å². The number of nitrogens with two attached hydrogens (primary N) is 1. The molecule has 0 amide bonds. The second-order valence-electron chi connectivity index (χ2n) is 5.23. The maximum Gasteiger partial charge on any atom is 0.106 e. The fourth-order valence-electron chi connectivity index (χ4n) is 2.30. The summed E-state index contributed by atoms with van der Waals surface area (Å²) in [6.45, 7) is 4.99. The van der Waals surface area contributed by atoms with E-state index in [0.29, 0.717) is 11.0 Å². The van der Waals surface area contributed by atoms with Gasteiger partial charge in [0.05, 0.1) is 17.5 Å². The molecule has 0 aliphatic carbocycles. The highest BCUT2D eigenvalue weighted by Crippen LogP contribution is 2.27. The van der Waals surface area contributed by atoms with Crippen LogP contribution in [0.4, 0.5) is 5.69 Å². The first-order valence-corrected chi connectivity index (χ1v) is 6.53. The SMILES string of the molecule is CC1(C)CC(Nc2cnccc2C(N)=S)CCO1. The van der Waals surface area contributed by atoms with Gasteiger partial charge >= 0.3 is 0 Å². The molecule has 0 spiro atoms. The lowest BCUT2D eigenvalue weighted by atomic mass is 9.93. The summed E-state index contributed by atoms with van der Waals surface area (Å²) >= 11 is 5.05. The van der Waals surface area contributed by atoms with Crippen LogP contribution in [0.5, 0.6) is 0 Å². The second-order valence-corrected chi connectivity index (χ2v) is 5.67. The number of hydrogen-bond donors (Lipinski definition) is 2. The highest BCUT2D eigenvalue weighted by molar-refractivity contribution is 7.80. The van der Waals surface area contributed by atoms with Crippen molar-refractivity contribution in [1.82, 2.24) is 4.98 Å². The number of nitrogens with one attached hydrogen (secondary N) is 1. The first-order chi connectivity index (χ1) is 8.48. The highest BCUT2D eigenvalue weighted by atomic mass is 32.1. The third kappa shape index (κ3) is 3.17. The van der Waals surface area contributed by atoms with Crippen molar-refractivity contribution in [3.8, 4) is 0 Å². The van der Waals surface area contributed by atoms with Crippen LogP contribution in [0.1, 0.15) is 32.3 Å². The lowest BCUT2D eigenvalue weighted by Crippen LogP contribution is -2.40. The second kappa shape index (κ2) is 5.20. The molecule has 3 N–H and O–H groups in total. The van der Waals surface area contributed by atoms with Crippen molar-refractivity contribution in [2.75, 3.05) is 11.9 Å². The molecule has 1 unspecified atom stereocenters. The van der Waals surface area contributed by atoms with Gasteiger partial charge in [0.25, 0.3) is 0 Å². The van der Waals surface area contributed by atoms with E-state index < -0.39 is 0 Å². The third-order valence-corrected chi connectivity index (χ3v) is 3.36. The number of hydrogen-bond acceptors (Lipinski definition) is 4. The fraction of sp³-hybridized carbons (Fsp3) is 0.538. The Bertz CT molecular complexity index is 448. The van der Waals surface area contributed by atoms with Gasteiger partial charge in [0.2, 0.25) is 0 Å². The molecule has 1 atom stereocenters. The van der Waals surface area contributed by atoms with Crippen LogP contribution in [0.15, 0.2) is 18.5 Å². The molecule has 1 aromatic heterocycles. The van der Waals surface area contributed by atoms with E-state index in [1.54, 1.807) is 12.4 Å². The van der Waals surface area contributed by atoms with Crippen LogP contribution in [0.3, 0.4) is 0 Å². The Morgan fingerprint density at radius 2 is 2.39 bits per heavy atom. The minimum Gasteiger partial charge on any atom is -0.389 e. The van der Waals surface area contributed by atoms with E-state index in [4.69, 9.17) is 22.7 Å². The number of ether oxygens (including phenoxy) is 1. The predicted molar refractivity (Wildman–Crippen MR) is 76.8 cm³/mol. The van der Waals surface area contributed by atoms with E-state index in [0.717, 1.165) is 30.7 Å². The number of thiocarbonyl (C=S) groups is 1. The van der Waals surface area contributed by atoms with Gasteiger partial charge < -0.3 is 15.8 Å². The van der Waals surface area contributed by atoms with E-state index in [-0.39, 0.29) is 5.60 Å². The van der Waals surface area contributed by atoms with Crippen molar-refractivity contribution in [2.45, 2.75) is 38.3 Å². The molecule has 2 rings (SSSR count). The van der Waals surface area contributed by atoms with Crippen molar-refractivity contribution in [1.29, 1.82) is 0 Å². The molecule has 0 saturated carbocycles. The molecule has 98 valence electrons. The van der Waals surface area contributed by atoms with Crippen molar-refractivity contribution in [3.63, 3.8) is 0 Å². The van der Waals surface area contributed by atoms with Gasteiger partial charge in [0.1, 0.15) is 4.99 Å². The summed E-state index contributed by atoms with van der Waals surface area (Å²) in [6.07, 6.45) is 5.41. The summed E-state index contributed by atoms with van der Waals surface area (Å²) in [5.41, 5.74) is 7.39. The maximum atomic E-state index is 5.71. The Morgan fingerprint density at radius 3 is 3.06 bits per heavy atom. The number of nitrogens with zero attached hydrogens (tertiary/aromatic N) is 1. The van der Waals surface area contributed by atoms with Crippen LogP contribution in [0.25, 0.3) is 0 Å². The van der Waals surface area contributed by atoms with Crippen LogP contribution >= 0.6 is 12.2 Å². The Hall–Kier alpha value is -1.20. The number of rotatable bonds is 3. The van der Waals surface area contributed by atoms with Crippen LogP contribution in [-0.2, 0) is 4.74 Å². The summed E-state index contributed by atoms with van der Waals surface area (Å²) in [4.78, 5) is 4.52. The quantitative estimate of drug-likeness (QED) is 0.819. The van der Waals surface area contributed by atoms with E-state index in [1.165, 1.54) is 0 Å². The molecule has 0 radical (unpaired) electrons. The van der Waals surface area contributed by atoms with Crippen molar-refractivity contribution in [2.24, 2.45) is 5.73 Å². The molecule has 2 heterocycles. The zero-order valence-corrected chi connectivity index (χ0v) is 11.6. The minimum absolute atomic E-state index is 0.0818. The van der Waals surface area contributed by atoms with Gasteiger partial charge in [0.15, 0.2) is 0 Å². The average Bonchev–Trinajstić information content (AvgIpc) is 2.28. The molecule has 0 bridgehead atoms. The number of pyridine rings is 1. The average molecular weight is 265 g/mol. The summed E-state index contributed by atoms with van der Waals surface area (Å²) in [6, 6.07) is 2.21. The van der Waals surface area contributed by atoms with Gasteiger partial charge in [-0.15, -0.1) is 0 Å². The molecule has 1 saturated heterocycles. The summed E-state index contributed by atoms with van der Waals surface area (Å²) < 4.78 is 5.70. The predicted octanol–water partition coefficient (Wildman–Crippen LogP) is 2.09. The number of anilines is 1. The minimum atomic E-state index is -0.0818. The van der Waals surface area contributed by atoms with Gasteiger partial charge in [-0.1, -0.05) is 12.2 Å². The first kappa shape index (κ1) is 13.2. The Labute approximate surface area is 113 Å². The van der Waals surface area contributed by atoms with Crippen LogP contribution in [0.2, 0.25) is 0 Å². The van der Waals surface area contributed by atoms with Gasteiger partial charge in [-0.3, -0.25) is 4.98 Å². The number of aromatic nitrogens is 1. The Morgan fingerprint density at radius 1 is 1.61 bits per heavy atom. The molecule has 18 heavy (non-hydrogen) atoms. The van der Waals surface area contributed by atoms with E-state index in [2.05, 4.69) is 24.1 Å². The lowest BCUT2D eigenvalue weighted by Gasteiger charge is -2.36. The monoisotopic (exact) mass is 265 g/mol. The Balaban J connectivity index is 2.12. The molecule has 5 heteroatoms. The standard InChI is InChI=1S/C13H19N3OS/c1-13(2)7-9(4-6-17-13)16-11-8-15-5-3-10(11)12(14)18/h3,5,8-9,16H,4,6-7H2,1-2H3,(H2,14,18). The molecular formula is C13H19N3OS. The smallest absolute Gasteiger partial charge is 0.106 e. The van der Waals surface area contributed by atoms with Crippen LogP contribution in [-0.4, -0.2) is 28.2 Å². The van der Waals surface area contributed by atoms with Crippen molar-refractivity contribution < 1.29 is 4.74 Å². The summed E-state index contributed by atoms with van der Waals surface area (Å²) in [7, 11) is 0. The molecular weight excluding hydrogens is 246 g/mol. The van der Waals surface area contributed by atoms with Crippen LogP contribution in [0, 0.1) is 0 Å². The molecule has 4 nitrogen and oxygen atoms in total. The van der Waals surface area contributed by atoms with Crippen LogP contribution < -0.4 is 11.1 Å². The Kier molecular flexibility index (Phi) is 3.82. The maximum absolute atomic E-state index is 5.71. The third-order valence-electron chi connectivity index (χ3n) is 3.14. The van der Waals surface area contributed by atoms with Crippen molar-refractivity contribution in [3.05, 3.63) is 24.0 Å². The zero-order valence-electron chi connectivity index (χ0n) is 10.8. The zero-order chi connectivity index (χ0) is 13.2. The fourth-order valence-corrected chi connectivity index (χ4v) is 2.48. The van der Waals surface area contributed by atoms with Gasteiger partial charge in [0, 0.05) is 24.4 Å². The largest absolute Gasteiger partial charge is 0.389 e.